The Kier molecular flexibility index (Phi) is 3.43. The Labute approximate surface area is 123 Å². The number of phenols is 1. The summed E-state index contributed by atoms with van der Waals surface area (Å²) in [5, 5.41) is 20.0. The van der Waals surface area contributed by atoms with Gasteiger partial charge in [0.25, 0.3) is 0 Å². The maximum Gasteiger partial charge on any atom is 0.138 e. The molecule has 2 N–H and O–H groups in total. The summed E-state index contributed by atoms with van der Waals surface area (Å²) in [5.41, 5.74) is 3.95. The van der Waals surface area contributed by atoms with Crippen LogP contribution in [0.25, 0.3) is 22.3 Å². The molecule has 0 fully saturated rings. The van der Waals surface area contributed by atoms with Crippen LogP contribution in [-0.2, 0) is 6.42 Å². The van der Waals surface area contributed by atoms with Gasteiger partial charge in [0.05, 0.1) is 6.10 Å². The molecule has 21 heavy (non-hydrogen) atoms. The van der Waals surface area contributed by atoms with Crippen molar-refractivity contribution in [2.24, 2.45) is 0 Å². The van der Waals surface area contributed by atoms with E-state index in [9.17, 15) is 10.2 Å². The van der Waals surface area contributed by atoms with Crippen molar-refractivity contribution in [3.8, 4) is 17.1 Å². The third-order valence-corrected chi connectivity index (χ3v) is 3.66. The number of aliphatic hydroxyl groups excluding tert-OH is 1. The molecule has 1 aromatic heterocycles. The van der Waals surface area contributed by atoms with Crippen molar-refractivity contribution >= 4 is 11.0 Å². The second-order valence-corrected chi connectivity index (χ2v) is 5.49. The van der Waals surface area contributed by atoms with Crippen molar-refractivity contribution in [2.75, 3.05) is 0 Å². The average molecular weight is 282 g/mol. The zero-order valence-corrected chi connectivity index (χ0v) is 12.1. The minimum atomic E-state index is -0.355. The summed E-state index contributed by atoms with van der Waals surface area (Å²) in [6.07, 6.45) is 0.279. The van der Waals surface area contributed by atoms with Gasteiger partial charge in [-0.15, -0.1) is 0 Å². The molecule has 108 valence electrons. The van der Waals surface area contributed by atoms with Crippen LogP contribution in [0.2, 0.25) is 0 Å². The normalized spacial score (nSPS) is 12.7. The van der Waals surface area contributed by atoms with E-state index < -0.39 is 0 Å². The molecule has 0 aliphatic carbocycles. The van der Waals surface area contributed by atoms with Crippen molar-refractivity contribution < 1.29 is 14.6 Å². The molecule has 1 atom stereocenters. The first kappa shape index (κ1) is 13.7. The number of fused-ring (bicyclic) bond motifs is 1. The van der Waals surface area contributed by atoms with E-state index in [0.29, 0.717) is 6.42 Å². The number of hydrogen-bond acceptors (Lipinski definition) is 3. The lowest BCUT2D eigenvalue weighted by Gasteiger charge is -2.03. The zero-order chi connectivity index (χ0) is 15.0. The smallest absolute Gasteiger partial charge is 0.138 e. The molecule has 3 aromatic rings. The van der Waals surface area contributed by atoms with Crippen LogP contribution in [0.4, 0.5) is 0 Å². The van der Waals surface area contributed by atoms with Gasteiger partial charge in [0.2, 0.25) is 0 Å². The molecule has 0 amide bonds. The van der Waals surface area contributed by atoms with Gasteiger partial charge in [-0.05, 0) is 62.2 Å². The highest BCUT2D eigenvalue weighted by Gasteiger charge is 2.13. The lowest BCUT2D eigenvalue weighted by atomic mass is 10.0. The molecule has 3 heteroatoms. The Balaban J connectivity index is 2.09. The van der Waals surface area contributed by atoms with Crippen molar-refractivity contribution in [3.63, 3.8) is 0 Å². The van der Waals surface area contributed by atoms with Crippen LogP contribution in [0, 0.1) is 6.92 Å². The predicted molar refractivity (Wildman–Crippen MR) is 83.4 cm³/mol. The van der Waals surface area contributed by atoms with Crippen molar-refractivity contribution in [1.29, 1.82) is 0 Å². The van der Waals surface area contributed by atoms with E-state index in [0.717, 1.165) is 33.4 Å². The fourth-order valence-corrected chi connectivity index (χ4v) is 2.62. The van der Waals surface area contributed by atoms with E-state index in [2.05, 4.69) is 6.07 Å². The lowest BCUT2D eigenvalue weighted by molar-refractivity contribution is 0.195. The third-order valence-electron chi connectivity index (χ3n) is 3.66. The van der Waals surface area contributed by atoms with Gasteiger partial charge in [0, 0.05) is 16.5 Å². The molecular weight excluding hydrogens is 264 g/mol. The van der Waals surface area contributed by atoms with Gasteiger partial charge >= 0.3 is 0 Å². The van der Waals surface area contributed by atoms with Crippen LogP contribution in [-0.4, -0.2) is 16.3 Å². The molecule has 2 aromatic carbocycles. The van der Waals surface area contributed by atoms with E-state index >= 15 is 0 Å². The Hall–Kier alpha value is -2.26. The zero-order valence-electron chi connectivity index (χ0n) is 12.1. The van der Waals surface area contributed by atoms with Gasteiger partial charge in [0.1, 0.15) is 17.1 Å². The van der Waals surface area contributed by atoms with E-state index in [4.69, 9.17) is 4.42 Å². The molecule has 0 saturated heterocycles. The monoisotopic (exact) mass is 282 g/mol. The quantitative estimate of drug-likeness (QED) is 0.762. The van der Waals surface area contributed by atoms with E-state index in [1.807, 2.05) is 31.2 Å². The summed E-state index contributed by atoms with van der Waals surface area (Å²) >= 11 is 0. The second kappa shape index (κ2) is 5.26. The minimum Gasteiger partial charge on any atom is -0.508 e. The highest BCUT2D eigenvalue weighted by Crippen LogP contribution is 2.34. The van der Waals surface area contributed by atoms with Crippen LogP contribution in [0.15, 0.2) is 46.9 Å². The fraction of sp³-hybridized carbons (Fsp3) is 0.222. The number of aliphatic hydroxyl groups is 1. The topological polar surface area (TPSA) is 53.6 Å². The third kappa shape index (κ3) is 2.65. The Morgan fingerprint density at radius 2 is 1.81 bits per heavy atom. The lowest BCUT2D eigenvalue weighted by Crippen LogP contribution is -2.03. The van der Waals surface area contributed by atoms with Crippen molar-refractivity contribution in [1.82, 2.24) is 0 Å². The summed E-state index contributed by atoms with van der Waals surface area (Å²) in [7, 11) is 0. The molecule has 1 heterocycles. The molecule has 0 bridgehead atoms. The Bertz CT molecular complexity index is 767. The minimum absolute atomic E-state index is 0.242. The first-order valence-corrected chi connectivity index (χ1v) is 7.04. The fourth-order valence-electron chi connectivity index (χ4n) is 2.62. The van der Waals surface area contributed by atoms with E-state index in [1.54, 1.807) is 19.1 Å². The largest absolute Gasteiger partial charge is 0.508 e. The number of aromatic hydroxyl groups is 1. The van der Waals surface area contributed by atoms with Crippen LogP contribution >= 0.6 is 0 Å². The molecule has 3 rings (SSSR count). The molecule has 3 nitrogen and oxygen atoms in total. The number of hydrogen-bond donors (Lipinski definition) is 2. The SMILES string of the molecule is Cc1c(-c2ccc(O)cc2)oc2ccc(C[C@@H](C)O)cc12. The van der Waals surface area contributed by atoms with Gasteiger partial charge in [0.15, 0.2) is 0 Å². The maximum absolute atomic E-state index is 9.51. The van der Waals surface area contributed by atoms with Crippen LogP contribution in [0.1, 0.15) is 18.1 Å². The van der Waals surface area contributed by atoms with Crippen molar-refractivity contribution in [2.45, 2.75) is 26.4 Å². The van der Waals surface area contributed by atoms with Gasteiger partial charge in [-0.3, -0.25) is 0 Å². The summed E-state index contributed by atoms with van der Waals surface area (Å²) in [6.45, 7) is 3.81. The first-order chi connectivity index (χ1) is 10.0. The highest BCUT2D eigenvalue weighted by atomic mass is 16.3. The van der Waals surface area contributed by atoms with Crippen LogP contribution in [0.3, 0.4) is 0 Å². The van der Waals surface area contributed by atoms with Crippen molar-refractivity contribution in [3.05, 3.63) is 53.6 Å². The Morgan fingerprint density at radius 3 is 2.48 bits per heavy atom. The summed E-state index contributed by atoms with van der Waals surface area (Å²) in [6, 6.07) is 13.0. The van der Waals surface area contributed by atoms with Crippen LogP contribution < -0.4 is 0 Å². The molecular formula is C18H18O3. The molecule has 0 radical (unpaired) electrons. The van der Waals surface area contributed by atoms with Gasteiger partial charge < -0.3 is 14.6 Å². The number of phenolic OH excluding ortho intramolecular Hbond substituents is 1. The molecule has 0 saturated carbocycles. The number of aryl methyl sites for hydroxylation is 1. The molecule has 0 aliphatic rings. The van der Waals surface area contributed by atoms with E-state index in [1.165, 1.54) is 0 Å². The Morgan fingerprint density at radius 1 is 1.10 bits per heavy atom. The second-order valence-electron chi connectivity index (χ2n) is 5.49. The summed E-state index contributed by atoms with van der Waals surface area (Å²) < 4.78 is 5.94. The maximum atomic E-state index is 9.51. The van der Waals surface area contributed by atoms with E-state index in [-0.39, 0.29) is 11.9 Å². The molecule has 0 spiro atoms. The first-order valence-electron chi connectivity index (χ1n) is 7.04. The number of benzene rings is 2. The van der Waals surface area contributed by atoms with Gasteiger partial charge in [-0.2, -0.15) is 0 Å². The average Bonchev–Trinajstić information content (AvgIpc) is 2.76. The predicted octanol–water partition coefficient (Wildman–Crippen LogP) is 4.04. The van der Waals surface area contributed by atoms with Crippen LogP contribution in [0.5, 0.6) is 5.75 Å². The summed E-state index contributed by atoms with van der Waals surface area (Å²) in [5.74, 6) is 1.06. The standard InChI is InChI=1S/C18H18O3/c1-11(19)9-13-3-8-17-16(10-13)12(2)18(21-17)14-4-6-15(20)7-5-14/h3-8,10-11,19-20H,9H2,1-2H3/t11-/m1/s1. The highest BCUT2D eigenvalue weighted by molar-refractivity contribution is 5.88. The number of furan rings is 1. The molecule has 0 unspecified atom stereocenters. The summed E-state index contributed by atoms with van der Waals surface area (Å²) in [4.78, 5) is 0. The van der Waals surface area contributed by atoms with Gasteiger partial charge in [-0.25, -0.2) is 0 Å². The van der Waals surface area contributed by atoms with Gasteiger partial charge in [-0.1, -0.05) is 6.07 Å². The number of rotatable bonds is 3. The molecule has 0 aliphatic heterocycles.